The molecule has 0 aliphatic carbocycles. The number of rotatable bonds is 4. The first-order valence-corrected chi connectivity index (χ1v) is 10.3. The number of piperidine rings is 1. The van der Waals surface area contributed by atoms with Gasteiger partial charge in [-0.1, -0.05) is 0 Å². The van der Waals surface area contributed by atoms with Crippen molar-refractivity contribution in [2.75, 3.05) is 25.1 Å². The number of hydrogen-bond donors (Lipinski definition) is 2. The molecule has 1 saturated heterocycles. The number of nitriles is 1. The summed E-state index contributed by atoms with van der Waals surface area (Å²) in [6.45, 7) is 2.31. The molecule has 0 radical (unpaired) electrons. The first-order valence-electron chi connectivity index (χ1n) is 10.3. The van der Waals surface area contributed by atoms with Gasteiger partial charge in [0.2, 0.25) is 5.95 Å². The highest BCUT2D eigenvalue weighted by Crippen LogP contribution is 2.28. The van der Waals surface area contributed by atoms with Gasteiger partial charge in [0.25, 0.3) is 0 Å². The molecule has 1 aromatic carbocycles. The van der Waals surface area contributed by atoms with E-state index < -0.39 is 12.1 Å². The van der Waals surface area contributed by atoms with Crippen LogP contribution in [0.25, 0.3) is 11.0 Å². The molecule has 1 aliphatic rings. The van der Waals surface area contributed by atoms with Crippen LogP contribution in [0.2, 0.25) is 0 Å². The van der Waals surface area contributed by atoms with E-state index in [1.165, 1.54) is 0 Å². The SMILES string of the molecule is COc1ccc2c(c1)nc(N1CCC[C@H](N)C1)n2Cc1ccc(C#N)cn1.O=C(O)C(F)(F)F. The van der Waals surface area contributed by atoms with Gasteiger partial charge in [-0.15, -0.1) is 0 Å². The van der Waals surface area contributed by atoms with E-state index in [2.05, 4.69) is 20.5 Å². The summed E-state index contributed by atoms with van der Waals surface area (Å²) in [5, 5.41) is 16.1. The van der Waals surface area contributed by atoms with Crippen molar-refractivity contribution in [3.63, 3.8) is 0 Å². The number of carbonyl (C=O) groups is 1. The highest BCUT2D eigenvalue weighted by Gasteiger charge is 2.38. The number of anilines is 1. The summed E-state index contributed by atoms with van der Waals surface area (Å²) in [7, 11) is 1.66. The Morgan fingerprint density at radius 3 is 2.65 bits per heavy atom. The molecule has 4 rings (SSSR count). The molecule has 12 heteroatoms. The topological polar surface area (TPSA) is 130 Å². The molecule has 0 bridgehead atoms. The van der Waals surface area contributed by atoms with E-state index in [1.807, 2.05) is 24.3 Å². The van der Waals surface area contributed by atoms with Gasteiger partial charge in [-0.2, -0.15) is 18.4 Å². The molecular weight excluding hydrogens is 453 g/mol. The van der Waals surface area contributed by atoms with Crippen LogP contribution in [0.3, 0.4) is 0 Å². The third-order valence-corrected chi connectivity index (χ3v) is 5.19. The fourth-order valence-electron chi connectivity index (χ4n) is 3.56. The van der Waals surface area contributed by atoms with E-state index in [-0.39, 0.29) is 6.04 Å². The average molecular weight is 476 g/mol. The number of carboxylic acids is 1. The molecule has 0 saturated carbocycles. The molecule has 3 heterocycles. The lowest BCUT2D eigenvalue weighted by atomic mass is 10.1. The predicted molar refractivity (Wildman–Crippen MR) is 117 cm³/mol. The Hall–Kier alpha value is -3.85. The van der Waals surface area contributed by atoms with Gasteiger partial charge in [0.1, 0.15) is 11.8 Å². The quantitative estimate of drug-likeness (QED) is 0.588. The lowest BCUT2D eigenvalue weighted by Crippen LogP contribution is -2.44. The van der Waals surface area contributed by atoms with E-state index in [0.717, 1.165) is 54.4 Å². The second-order valence-corrected chi connectivity index (χ2v) is 7.65. The fraction of sp³-hybridized carbons (Fsp3) is 0.364. The van der Waals surface area contributed by atoms with E-state index in [1.54, 1.807) is 19.4 Å². The van der Waals surface area contributed by atoms with Gasteiger partial charge >= 0.3 is 12.1 Å². The van der Waals surface area contributed by atoms with Crippen LogP contribution in [0.4, 0.5) is 19.1 Å². The smallest absolute Gasteiger partial charge is 0.490 e. The third-order valence-electron chi connectivity index (χ3n) is 5.19. The lowest BCUT2D eigenvalue weighted by Gasteiger charge is -2.32. The largest absolute Gasteiger partial charge is 0.497 e. The summed E-state index contributed by atoms with van der Waals surface area (Å²) in [5.41, 5.74) is 9.54. The van der Waals surface area contributed by atoms with E-state index >= 15 is 0 Å². The van der Waals surface area contributed by atoms with Crippen LogP contribution in [0.1, 0.15) is 24.1 Å². The second kappa shape index (κ2) is 10.4. The van der Waals surface area contributed by atoms with Gasteiger partial charge in [0.05, 0.1) is 35.9 Å². The molecule has 1 aliphatic heterocycles. The Labute approximate surface area is 193 Å². The molecule has 0 amide bonds. The average Bonchev–Trinajstić information content (AvgIpc) is 3.16. The molecule has 0 spiro atoms. The number of ether oxygens (including phenoxy) is 1. The highest BCUT2D eigenvalue weighted by molar-refractivity contribution is 5.80. The number of benzene rings is 1. The Morgan fingerprint density at radius 1 is 1.35 bits per heavy atom. The molecule has 2 aromatic heterocycles. The van der Waals surface area contributed by atoms with Crippen molar-refractivity contribution in [2.24, 2.45) is 5.73 Å². The molecule has 1 atom stereocenters. The molecule has 0 unspecified atom stereocenters. The van der Waals surface area contributed by atoms with Crippen LogP contribution in [0, 0.1) is 11.3 Å². The fourth-order valence-corrected chi connectivity index (χ4v) is 3.56. The van der Waals surface area contributed by atoms with Crippen molar-refractivity contribution < 1.29 is 27.8 Å². The third kappa shape index (κ3) is 5.93. The number of nitrogens with zero attached hydrogens (tertiary/aromatic N) is 5. The van der Waals surface area contributed by atoms with Gasteiger partial charge in [-0.25, -0.2) is 9.78 Å². The Morgan fingerprint density at radius 2 is 2.09 bits per heavy atom. The number of alkyl halides is 3. The van der Waals surface area contributed by atoms with Crippen molar-refractivity contribution >= 4 is 23.0 Å². The van der Waals surface area contributed by atoms with Crippen LogP contribution >= 0.6 is 0 Å². The first-order chi connectivity index (χ1) is 16.1. The number of aromatic nitrogens is 3. The number of nitrogens with two attached hydrogens (primary N) is 1. The van der Waals surface area contributed by atoms with Gasteiger partial charge in [-0.3, -0.25) is 4.98 Å². The maximum absolute atomic E-state index is 10.6. The minimum Gasteiger partial charge on any atom is -0.497 e. The number of fused-ring (bicyclic) bond motifs is 1. The number of imidazole rings is 1. The van der Waals surface area contributed by atoms with Gasteiger partial charge in [0, 0.05) is 31.4 Å². The van der Waals surface area contributed by atoms with Crippen molar-refractivity contribution in [2.45, 2.75) is 31.6 Å². The minimum atomic E-state index is -5.08. The monoisotopic (exact) mass is 476 g/mol. The highest BCUT2D eigenvalue weighted by atomic mass is 19.4. The van der Waals surface area contributed by atoms with Crippen molar-refractivity contribution in [3.05, 3.63) is 47.8 Å². The number of pyridine rings is 1. The number of halogens is 3. The Balaban J connectivity index is 0.000000406. The van der Waals surface area contributed by atoms with Crippen molar-refractivity contribution in [1.29, 1.82) is 5.26 Å². The van der Waals surface area contributed by atoms with Crippen molar-refractivity contribution in [1.82, 2.24) is 14.5 Å². The summed E-state index contributed by atoms with van der Waals surface area (Å²) < 4.78 is 39.3. The molecule has 3 aromatic rings. The normalized spacial score (nSPS) is 15.9. The molecule has 3 N–H and O–H groups in total. The maximum Gasteiger partial charge on any atom is 0.490 e. The van der Waals surface area contributed by atoms with Gasteiger partial charge in [-0.05, 0) is 37.1 Å². The van der Waals surface area contributed by atoms with Gasteiger partial charge < -0.3 is 25.0 Å². The number of methoxy groups -OCH3 is 1. The van der Waals surface area contributed by atoms with Crippen LogP contribution in [0.15, 0.2) is 36.5 Å². The second-order valence-electron chi connectivity index (χ2n) is 7.65. The zero-order chi connectivity index (χ0) is 24.9. The Kier molecular flexibility index (Phi) is 7.57. The number of hydrogen-bond acceptors (Lipinski definition) is 7. The Bertz CT molecular complexity index is 1190. The summed E-state index contributed by atoms with van der Waals surface area (Å²) >= 11 is 0. The van der Waals surface area contributed by atoms with E-state index in [4.69, 9.17) is 30.6 Å². The van der Waals surface area contributed by atoms with Crippen LogP contribution in [-0.2, 0) is 11.3 Å². The number of carboxylic acid groups (broad SMARTS) is 1. The van der Waals surface area contributed by atoms with Crippen LogP contribution < -0.4 is 15.4 Å². The summed E-state index contributed by atoms with van der Waals surface area (Å²) in [6.07, 6.45) is -1.38. The molecule has 1 fully saturated rings. The van der Waals surface area contributed by atoms with Crippen molar-refractivity contribution in [3.8, 4) is 11.8 Å². The summed E-state index contributed by atoms with van der Waals surface area (Å²) in [6, 6.07) is 11.9. The molecule has 9 nitrogen and oxygen atoms in total. The predicted octanol–water partition coefficient (Wildman–Crippen LogP) is 2.92. The van der Waals surface area contributed by atoms with Crippen LogP contribution in [0.5, 0.6) is 5.75 Å². The van der Waals surface area contributed by atoms with E-state index in [0.29, 0.717) is 12.1 Å². The van der Waals surface area contributed by atoms with Gasteiger partial charge in [0.15, 0.2) is 0 Å². The molecular formula is C22H23F3N6O3. The summed E-state index contributed by atoms with van der Waals surface area (Å²) in [4.78, 5) is 20.5. The minimum absolute atomic E-state index is 0.162. The number of aliphatic carboxylic acids is 1. The zero-order valence-electron chi connectivity index (χ0n) is 18.3. The first kappa shape index (κ1) is 24.8. The lowest BCUT2D eigenvalue weighted by molar-refractivity contribution is -0.192. The molecule has 34 heavy (non-hydrogen) atoms. The molecule has 180 valence electrons. The standard InChI is InChI=1S/C20H22N6O.C2HF3O2/c1-27-17-6-7-19-18(9-17)24-20(25-8-2-3-15(22)12-25)26(19)13-16-5-4-14(10-21)11-23-16;3-2(4,5)1(6)7/h4-7,9,11,15H,2-3,8,12-13,22H2,1H3;(H,6,7)/t15-;/m0./s1. The zero-order valence-corrected chi connectivity index (χ0v) is 18.3. The van der Waals surface area contributed by atoms with Crippen LogP contribution in [-0.4, -0.2) is 58.0 Å². The summed E-state index contributed by atoms with van der Waals surface area (Å²) in [5.74, 6) is -1.07. The van der Waals surface area contributed by atoms with E-state index in [9.17, 15) is 13.2 Å². The maximum atomic E-state index is 10.6.